The van der Waals surface area contributed by atoms with Gasteiger partial charge in [-0.3, -0.25) is 0 Å². The number of nitrogen functional groups attached to an aromatic ring is 1. The molecule has 0 aliphatic heterocycles. The van der Waals surface area contributed by atoms with E-state index in [0.717, 1.165) is 25.7 Å². The van der Waals surface area contributed by atoms with E-state index in [2.05, 4.69) is 15.0 Å². The minimum absolute atomic E-state index is 0.100. The van der Waals surface area contributed by atoms with E-state index in [1.165, 1.54) is 6.33 Å². The second-order valence-corrected chi connectivity index (χ2v) is 5.09. The molecule has 1 aliphatic carbocycles. The summed E-state index contributed by atoms with van der Waals surface area (Å²) < 4.78 is 1.88. The molecule has 2 heterocycles. The number of aliphatic hydroxyl groups excluding tert-OH is 1. The zero-order valence-electron chi connectivity index (χ0n) is 10.6. The van der Waals surface area contributed by atoms with Crippen molar-refractivity contribution in [3.05, 3.63) is 12.7 Å². The molecule has 1 fully saturated rings. The smallest absolute Gasteiger partial charge is 0.165 e. The van der Waals surface area contributed by atoms with Crippen LogP contribution in [0.25, 0.3) is 11.2 Å². The summed E-state index contributed by atoms with van der Waals surface area (Å²) in [4.78, 5) is 12.4. The Morgan fingerprint density at radius 1 is 1.21 bits per heavy atom. The van der Waals surface area contributed by atoms with Crippen LogP contribution in [0.4, 0.5) is 5.82 Å². The van der Waals surface area contributed by atoms with Gasteiger partial charge in [0.05, 0.1) is 18.5 Å². The van der Waals surface area contributed by atoms with Gasteiger partial charge >= 0.3 is 0 Å². The van der Waals surface area contributed by atoms with Gasteiger partial charge in [-0.05, 0) is 12.8 Å². The van der Waals surface area contributed by atoms with Crippen LogP contribution >= 0.6 is 0 Å². The Balaban J connectivity index is 2.05. The maximum absolute atomic E-state index is 10.4. The predicted octanol–water partition coefficient (Wildman–Crippen LogP) is 0.212. The lowest BCUT2D eigenvalue weighted by Gasteiger charge is -2.25. The van der Waals surface area contributed by atoms with Crippen molar-refractivity contribution < 1.29 is 5.11 Å². The molecule has 0 spiro atoms. The normalized spacial score (nSPS) is 28.4. The molecule has 19 heavy (non-hydrogen) atoms. The quantitative estimate of drug-likeness (QED) is 0.633. The van der Waals surface area contributed by atoms with Gasteiger partial charge in [-0.15, -0.1) is 0 Å². The van der Waals surface area contributed by atoms with Crippen molar-refractivity contribution in [3.63, 3.8) is 0 Å². The van der Waals surface area contributed by atoms with Crippen LogP contribution in [0.5, 0.6) is 0 Å². The average Bonchev–Trinajstić information content (AvgIpc) is 2.76. The Bertz CT molecular complexity index is 583. The molecule has 2 aromatic rings. The van der Waals surface area contributed by atoms with Gasteiger partial charge in [0.2, 0.25) is 0 Å². The summed E-state index contributed by atoms with van der Waals surface area (Å²) in [6, 6.07) is -0.305. The number of fused-ring (bicyclic) bond motifs is 1. The van der Waals surface area contributed by atoms with Gasteiger partial charge in [0.25, 0.3) is 0 Å². The SMILES string of the molecule is Nc1ncnc2c1ncn2[C@@H]1CCCC[C@H](N)[C@H]1O. The summed E-state index contributed by atoms with van der Waals surface area (Å²) in [7, 11) is 0. The van der Waals surface area contributed by atoms with Crippen LogP contribution in [-0.2, 0) is 0 Å². The summed E-state index contributed by atoms with van der Waals surface area (Å²) in [5, 5.41) is 10.4. The molecule has 0 bridgehead atoms. The van der Waals surface area contributed by atoms with Crippen molar-refractivity contribution in [3.8, 4) is 0 Å². The fourth-order valence-electron chi connectivity index (χ4n) is 2.78. The Morgan fingerprint density at radius 3 is 2.84 bits per heavy atom. The fourth-order valence-corrected chi connectivity index (χ4v) is 2.78. The number of hydrogen-bond donors (Lipinski definition) is 3. The zero-order valence-corrected chi connectivity index (χ0v) is 10.6. The zero-order chi connectivity index (χ0) is 13.4. The Kier molecular flexibility index (Phi) is 3.08. The van der Waals surface area contributed by atoms with Gasteiger partial charge in [0, 0.05) is 6.04 Å². The molecule has 1 aliphatic rings. The van der Waals surface area contributed by atoms with E-state index in [4.69, 9.17) is 11.5 Å². The number of nitrogens with two attached hydrogens (primary N) is 2. The first-order valence-corrected chi connectivity index (χ1v) is 6.55. The van der Waals surface area contributed by atoms with Gasteiger partial charge in [0.15, 0.2) is 11.5 Å². The molecular weight excluding hydrogens is 244 g/mol. The standard InChI is InChI=1S/C12H18N6O/c13-7-3-1-2-4-8(10(7)19)18-6-17-9-11(14)15-5-16-12(9)18/h5-8,10,19H,1-4,13H2,(H2,14,15,16)/t7-,8+,10+/m0/s1. The molecule has 5 N–H and O–H groups in total. The maximum Gasteiger partial charge on any atom is 0.165 e. The van der Waals surface area contributed by atoms with Gasteiger partial charge in [-0.1, -0.05) is 12.8 Å². The van der Waals surface area contributed by atoms with Crippen LogP contribution < -0.4 is 11.5 Å². The second-order valence-electron chi connectivity index (χ2n) is 5.09. The molecular formula is C12H18N6O. The number of rotatable bonds is 1. The molecule has 7 heteroatoms. The summed E-state index contributed by atoms with van der Waals surface area (Å²) in [5.74, 6) is 0.358. The molecule has 2 aromatic heterocycles. The van der Waals surface area contributed by atoms with E-state index in [9.17, 15) is 5.11 Å². The van der Waals surface area contributed by atoms with E-state index in [1.54, 1.807) is 6.33 Å². The lowest BCUT2D eigenvalue weighted by atomic mass is 10.0. The van der Waals surface area contributed by atoms with Crippen molar-refractivity contribution in [2.24, 2.45) is 5.73 Å². The van der Waals surface area contributed by atoms with Crippen molar-refractivity contribution in [2.45, 2.75) is 43.9 Å². The Labute approximate surface area is 110 Å². The number of nitrogens with zero attached hydrogens (tertiary/aromatic N) is 4. The minimum atomic E-state index is -0.587. The number of hydrogen-bond acceptors (Lipinski definition) is 6. The number of imidazole rings is 1. The van der Waals surface area contributed by atoms with Crippen LogP contribution in [-0.4, -0.2) is 36.8 Å². The molecule has 0 amide bonds. The van der Waals surface area contributed by atoms with E-state index in [-0.39, 0.29) is 12.1 Å². The van der Waals surface area contributed by atoms with Gasteiger partial charge in [-0.2, -0.15) is 0 Å². The average molecular weight is 262 g/mol. The summed E-state index contributed by atoms with van der Waals surface area (Å²) >= 11 is 0. The summed E-state index contributed by atoms with van der Waals surface area (Å²) in [6.07, 6.45) is 6.29. The fraction of sp³-hybridized carbons (Fsp3) is 0.583. The molecule has 7 nitrogen and oxygen atoms in total. The Morgan fingerprint density at radius 2 is 2.00 bits per heavy atom. The topological polar surface area (TPSA) is 116 Å². The van der Waals surface area contributed by atoms with Crippen molar-refractivity contribution in [1.82, 2.24) is 19.5 Å². The molecule has 0 saturated heterocycles. The first-order chi connectivity index (χ1) is 9.18. The first kappa shape index (κ1) is 12.3. The minimum Gasteiger partial charge on any atom is -0.389 e. The molecule has 0 radical (unpaired) electrons. The monoisotopic (exact) mass is 262 g/mol. The van der Waals surface area contributed by atoms with Crippen molar-refractivity contribution in [2.75, 3.05) is 5.73 Å². The van der Waals surface area contributed by atoms with Crippen LogP contribution in [0.3, 0.4) is 0 Å². The molecule has 3 rings (SSSR count). The number of aromatic nitrogens is 4. The lowest BCUT2D eigenvalue weighted by molar-refractivity contribution is 0.0899. The van der Waals surface area contributed by atoms with Gasteiger partial charge in [-0.25, -0.2) is 15.0 Å². The third-order valence-electron chi connectivity index (χ3n) is 3.86. The highest BCUT2D eigenvalue weighted by atomic mass is 16.3. The van der Waals surface area contributed by atoms with Gasteiger partial charge < -0.3 is 21.1 Å². The van der Waals surface area contributed by atoms with Crippen LogP contribution in [0.15, 0.2) is 12.7 Å². The highest BCUT2D eigenvalue weighted by molar-refractivity contribution is 5.81. The molecule has 1 saturated carbocycles. The molecule has 102 valence electrons. The van der Waals surface area contributed by atoms with Gasteiger partial charge in [0.1, 0.15) is 11.8 Å². The second kappa shape index (κ2) is 4.75. The van der Waals surface area contributed by atoms with Crippen molar-refractivity contribution >= 4 is 17.0 Å². The van der Waals surface area contributed by atoms with E-state index in [1.807, 2.05) is 4.57 Å². The highest BCUT2D eigenvalue weighted by Gasteiger charge is 2.30. The Hall–Kier alpha value is -1.73. The third-order valence-corrected chi connectivity index (χ3v) is 3.86. The van der Waals surface area contributed by atoms with E-state index in [0.29, 0.717) is 17.0 Å². The maximum atomic E-state index is 10.4. The number of anilines is 1. The van der Waals surface area contributed by atoms with Crippen LogP contribution in [0.1, 0.15) is 31.7 Å². The first-order valence-electron chi connectivity index (χ1n) is 6.55. The molecule has 3 atom stereocenters. The van der Waals surface area contributed by atoms with E-state index >= 15 is 0 Å². The van der Waals surface area contributed by atoms with E-state index < -0.39 is 6.10 Å². The molecule has 0 aromatic carbocycles. The lowest BCUT2D eigenvalue weighted by Crippen LogP contribution is -2.39. The summed E-state index contributed by atoms with van der Waals surface area (Å²) in [5.41, 5.74) is 13.0. The summed E-state index contributed by atoms with van der Waals surface area (Å²) in [6.45, 7) is 0. The predicted molar refractivity (Wildman–Crippen MR) is 71.2 cm³/mol. The third kappa shape index (κ3) is 2.04. The van der Waals surface area contributed by atoms with Crippen LogP contribution in [0.2, 0.25) is 0 Å². The molecule has 0 unspecified atom stereocenters. The number of aliphatic hydroxyl groups is 1. The largest absolute Gasteiger partial charge is 0.389 e. The van der Waals surface area contributed by atoms with Crippen molar-refractivity contribution in [1.29, 1.82) is 0 Å². The highest BCUT2D eigenvalue weighted by Crippen LogP contribution is 2.29. The van der Waals surface area contributed by atoms with Crippen LogP contribution in [0, 0.1) is 0 Å².